The summed E-state index contributed by atoms with van der Waals surface area (Å²) in [6.07, 6.45) is 2.84. The van der Waals surface area contributed by atoms with Crippen LogP contribution in [0.2, 0.25) is 0 Å². The molecule has 2 aromatic carbocycles. The molecule has 0 fully saturated rings. The molecular weight excluding hydrogens is 350 g/mol. The lowest BCUT2D eigenvalue weighted by Crippen LogP contribution is -2.34. The average Bonchev–Trinajstić information content (AvgIpc) is 2.60. The number of fused-ring (bicyclic) bond motifs is 1. The van der Waals surface area contributed by atoms with Gasteiger partial charge in [0.25, 0.3) is 5.91 Å². The highest BCUT2D eigenvalue weighted by Crippen LogP contribution is 2.31. The van der Waals surface area contributed by atoms with Crippen molar-refractivity contribution in [2.24, 2.45) is 0 Å². The van der Waals surface area contributed by atoms with Gasteiger partial charge in [0.1, 0.15) is 0 Å². The molecule has 1 amide bonds. The Labute approximate surface area is 154 Å². The first-order valence-corrected chi connectivity index (χ1v) is 10.3. The minimum Gasteiger partial charge on any atom is -0.378 e. The third kappa shape index (κ3) is 3.83. The van der Waals surface area contributed by atoms with E-state index in [9.17, 15) is 13.2 Å². The Morgan fingerprint density at radius 1 is 1.15 bits per heavy atom. The van der Waals surface area contributed by atoms with Crippen LogP contribution in [0.1, 0.15) is 22.3 Å². The van der Waals surface area contributed by atoms with Gasteiger partial charge in [-0.05, 0) is 48.7 Å². The molecule has 3 rings (SSSR count). The largest absolute Gasteiger partial charge is 0.378 e. The summed E-state index contributed by atoms with van der Waals surface area (Å²) in [5.41, 5.74) is 3.70. The molecule has 138 valence electrons. The van der Waals surface area contributed by atoms with Crippen LogP contribution in [0, 0.1) is 0 Å². The molecule has 0 unspecified atom stereocenters. The van der Waals surface area contributed by atoms with Crippen LogP contribution in [-0.4, -0.2) is 41.2 Å². The number of carbonyl (C=O) groups excluding carboxylic acids is 1. The molecule has 6 nitrogen and oxygen atoms in total. The van der Waals surface area contributed by atoms with Crippen molar-refractivity contribution >= 4 is 33.0 Å². The van der Waals surface area contributed by atoms with E-state index >= 15 is 0 Å². The zero-order valence-corrected chi connectivity index (χ0v) is 16.0. The minimum atomic E-state index is -3.34. The number of benzene rings is 2. The van der Waals surface area contributed by atoms with Gasteiger partial charge in [0, 0.05) is 37.6 Å². The monoisotopic (exact) mass is 373 g/mol. The maximum atomic E-state index is 12.6. The molecule has 7 heteroatoms. The van der Waals surface area contributed by atoms with Crippen molar-refractivity contribution in [3.05, 3.63) is 53.6 Å². The fourth-order valence-corrected chi connectivity index (χ4v) is 4.08. The third-order valence-corrected chi connectivity index (χ3v) is 5.62. The highest BCUT2D eigenvalue weighted by molar-refractivity contribution is 7.92. The van der Waals surface area contributed by atoms with E-state index in [0.717, 1.165) is 24.1 Å². The lowest BCUT2D eigenvalue weighted by atomic mass is 10.0. The number of hydrogen-bond acceptors (Lipinski definition) is 4. The Balaban J connectivity index is 1.87. The average molecular weight is 373 g/mol. The number of rotatable bonds is 4. The lowest BCUT2D eigenvalue weighted by molar-refractivity contribution is 0.102. The van der Waals surface area contributed by atoms with Gasteiger partial charge in [0.2, 0.25) is 10.0 Å². The summed E-state index contributed by atoms with van der Waals surface area (Å²) in [4.78, 5) is 14.5. The number of hydrogen-bond donors (Lipinski definition) is 1. The maximum absolute atomic E-state index is 12.6. The molecule has 1 aliphatic rings. The third-order valence-electron chi connectivity index (χ3n) is 4.44. The van der Waals surface area contributed by atoms with E-state index in [0.29, 0.717) is 23.5 Å². The Morgan fingerprint density at radius 3 is 2.62 bits per heavy atom. The van der Waals surface area contributed by atoms with E-state index < -0.39 is 10.0 Å². The van der Waals surface area contributed by atoms with E-state index in [1.807, 2.05) is 49.3 Å². The number of nitrogens with one attached hydrogen (secondary N) is 1. The first-order chi connectivity index (χ1) is 12.3. The molecule has 0 aliphatic carbocycles. The Kier molecular flexibility index (Phi) is 4.91. The molecule has 2 aromatic rings. The van der Waals surface area contributed by atoms with Gasteiger partial charge in [0.05, 0.1) is 11.9 Å². The summed E-state index contributed by atoms with van der Waals surface area (Å²) < 4.78 is 25.5. The number of amides is 1. The quantitative estimate of drug-likeness (QED) is 0.895. The maximum Gasteiger partial charge on any atom is 0.255 e. The first kappa shape index (κ1) is 18.3. The molecule has 0 bridgehead atoms. The molecule has 0 saturated carbocycles. The van der Waals surface area contributed by atoms with Crippen molar-refractivity contribution in [2.45, 2.75) is 12.8 Å². The van der Waals surface area contributed by atoms with Crippen molar-refractivity contribution in [1.29, 1.82) is 0 Å². The van der Waals surface area contributed by atoms with Gasteiger partial charge in [0.15, 0.2) is 0 Å². The van der Waals surface area contributed by atoms with Crippen LogP contribution in [0.3, 0.4) is 0 Å². The summed E-state index contributed by atoms with van der Waals surface area (Å²) in [6, 6.07) is 12.8. The van der Waals surface area contributed by atoms with Gasteiger partial charge >= 0.3 is 0 Å². The van der Waals surface area contributed by atoms with Gasteiger partial charge in [-0.15, -0.1) is 0 Å². The van der Waals surface area contributed by atoms with Gasteiger partial charge in [-0.25, -0.2) is 8.42 Å². The summed E-state index contributed by atoms with van der Waals surface area (Å²) in [6.45, 7) is 0.466. The van der Waals surface area contributed by atoms with Crippen LogP contribution in [0.5, 0.6) is 0 Å². The smallest absolute Gasteiger partial charge is 0.255 e. The summed E-state index contributed by atoms with van der Waals surface area (Å²) in [7, 11) is 0.497. The van der Waals surface area contributed by atoms with Gasteiger partial charge in [-0.1, -0.05) is 12.1 Å². The van der Waals surface area contributed by atoms with E-state index in [-0.39, 0.29) is 5.91 Å². The molecular formula is C19H23N3O3S. The minimum absolute atomic E-state index is 0.227. The molecule has 1 N–H and O–H groups in total. The number of aryl methyl sites for hydroxylation is 1. The summed E-state index contributed by atoms with van der Waals surface area (Å²) in [5, 5.41) is 2.87. The van der Waals surface area contributed by atoms with Crippen LogP contribution >= 0.6 is 0 Å². The standard InChI is InChI=1S/C19H23N3O3S/c1-21(2)17-8-4-6-15(12-17)19(23)20-16-10-9-14-7-5-11-22(18(14)13-16)26(3,24)25/h4,6,8-10,12-13H,5,7,11H2,1-3H3,(H,20,23). The Morgan fingerprint density at radius 2 is 1.92 bits per heavy atom. The molecule has 1 aliphatic heterocycles. The number of carbonyl (C=O) groups is 1. The lowest BCUT2D eigenvalue weighted by Gasteiger charge is -2.29. The number of anilines is 3. The van der Waals surface area contributed by atoms with Gasteiger partial charge in [-0.2, -0.15) is 0 Å². The predicted octanol–water partition coefficient (Wildman–Crippen LogP) is 2.72. The predicted molar refractivity (Wildman–Crippen MR) is 106 cm³/mol. The molecule has 26 heavy (non-hydrogen) atoms. The zero-order valence-electron chi connectivity index (χ0n) is 15.2. The van der Waals surface area contributed by atoms with Crippen molar-refractivity contribution in [3.63, 3.8) is 0 Å². The molecule has 0 saturated heterocycles. The zero-order chi connectivity index (χ0) is 18.9. The number of sulfonamides is 1. The van der Waals surface area contributed by atoms with E-state index in [2.05, 4.69) is 5.32 Å². The van der Waals surface area contributed by atoms with E-state index in [1.54, 1.807) is 12.1 Å². The fourth-order valence-electron chi connectivity index (χ4n) is 3.09. The van der Waals surface area contributed by atoms with Crippen LogP contribution in [-0.2, 0) is 16.4 Å². The van der Waals surface area contributed by atoms with Crippen LogP contribution in [0.4, 0.5) is 17.1 Å². The van der Waals surface area contributed by atoms with Crippen LogP contribution in [0.15, 0.2) is 42.5 Å². The van der Waals surface area contributed by atoms with E-state index in [1.165, 1.54) is 10.6 Å². The van der Waals surface area contributed by atoms with Crippen molar-refractivity contribution in [1.82, 2.24) is 0 Å². The van der Waals surface area contributed by atoms with Crippen molar-refractivity contribution in [3.8, 4) is 0 Å². The van der Waals surface area contributed by atoms with E-state index in [4.69, 9.17) is 0 Å². The Bertz CT molecular complexity index is 939. The SMILES string of the molecule is CN(C)c1cccc(C(=O)Nc2ccc3c(c2)N(S(C)(=O)=O)CCC3)c1. The molecule has 0 aromatic heterocycles. The highest BCUT2D eigenvalue weighted by Gasteiger charge is 2.24. The van der Waals surface area contributed by atoms with Crippen LogP contribution in [0.25, 0.3) is 0 Å². The van der Waals surface area contributed by atoms with Crippen LogP contribution < -0.4 is 14.5 Å². The second-order valence-corrected chi connectivity index (χ2v) is 8.59. The van der Waals surface area contributed by atoms with Crippen molar-refractivity contribution < 1.29 is 13.2 Å². The Hall–Kier alpha value is -2.54. The topological polar surface area (TPSA) is 69.7 Å². The molecule has 0 radical (unpaired) electrons. The number of nitrogens with zero attached hydrogens (tertiary/aromatic N) is 2. The fraction of sp³-hybridized carbons (Fsp3) is 0.316. The normalized spacial score (nSPS) is 13.9. The summed E-state index contributed by atoms with van der Waals surface area (Å²) >= 11 is 0. The first-order valence-electron chi connectivity index (χ1n) is 8.45. The molecule has 0 atom stereocenters. The molecule has 0 spiro atoms. The second kappa shape index (κ2) is 6.99. The van der Waals surface area contributed by atoms with Gasteiger partial charge in [-0.3, -0.25) is 9.10 Å². The molecule has 1 heterocycles. The second-order valence-electron chi connectivity index (χ2n) is 6.68. The summed E-state index contributed by atoms with van der Waals surface area (Å²) in [5.74, 6) is -0.227. The highest BCUT2D eigenvalue weighted by atomic mass is 32.2. The van der Waals surface area contributed by atoms with Crippen molar-refractivity contribution in [2.75, 3.05) is 41.4 Å². The van der Waals surface area contributed by atoms with Gasteiger partial charge < -0.3 is 10.2 Å².